The zero-order valence-corrected chi connectivity index (χ0v) is 19.0. The van der Waals surface area contributed by atoms with E-state index in [1.807, 2.05) is 45.0 Å². The maximum Gasteiger partial charge on any atom is 0.123 e. The van der Waals surface area contributed by atoms with E-state index in [4.69, 9.17) is 4.74 Å². The zero-order valence-electron chi connectivity index (χ0n) is 19.0. The number of fused-ring (bicyclic) bond motifs is 3. The SMILES string of the molecule is CC(C)(C)Oc1ccc(/C=C(/c2ccc(F)cc2)n2c3ccccc3c3ccccc32)cc1. The summed E-state index contributed by atoms with van der Waals surface area (Å²) in [4.78, 5) is 0. The Kier molecular flexibility index (Phi) is 5.26. The molecule has 0 spiro atoms. The number of ether oxygens (including phenoxy) is 1. The van der Waals surface area contributed by atoms with Crippen LogP contribution in [0.15, 0.2) is 97.1 Å². The van der Waals surface area contributed by atoms with Gasteiger partial charge in [0.2, 0.25) is 0 Å². The van der Waals surface area contributed by atoms with E-state index in [1.165, 1.54) is 22.9 Å². The van der Waals surface area contributed by atoms with Crippen molar-refractivity contribution in [1.29, 1.82) is 0 Å². The molecule has 0 aliphatic carbocycles. The highest BCUT2D eigenvalue weighted by molar-refractivity contribution is 6.11. The molecule has 1 heterocycles. The van der Waals surface area contributed by atoms with Gasteiger partial charge in [-0.05, 0) is 86.5 Å². The van der Waals surface area contributed by atoms with Crippen molar-refractivity contribution in [2.45, 2.75) is 26.4 Å². The molecule has 5 aromatic rings. The molecule has 5 rings (SSSR count). The fourth-order valence-corrected chi connectivity index (χ4v) is 4.22. The molecule has 33 heavy (non-hydrogen) atoms. The summed E-state index contributed by atoms with van der Waals surface area (Å²) >= 11 is 0. The highest BCUT2D eigenvalue weighted by Crippen LogP contribution is 2.35. The van der Waals surface area contributed by atoms with Crippen molar-refractivity contribution in [3.8, 4) is 5.75 Å². The first-order chi connectivity index (χ1) is 15.9. The Morgan fingerprint density at radius 1 is 0.727 bits per heavy atom. The topological polar surface area (TPSA) is 14.2 Å². The van der Waals surface area contributed by atoms with Crippen molar-refractivity contribution >= 4 is 33.6 Å². The van der Waals surface area contributed by atoms with E-state index < -0.39 is 0 Å². The molecule has 1 aromatic heterocycles. The quantitative estimate of drug-likeness (QED) is 0.260. The summed E-state index contributed by atoms with van der Waals surface area (Å²) < 4.78 is 22.0. The van der Waals surface area contributed by atoms with Crippen molar-refractivity contribution in [2.24, 2.45) is 0 Å². The summed E-state index contributed by atoms with van der Waals surface area (Å²) in [5.74, 6) is 0.587. The van der Waals surface area contributed by atoms with Gasteiger partial charge in [0.25, 0.3) is 0 Å². The van der Waals surface area contributed by atoms with Crippen LogP contribution in [0.5, 0.6) is 5.75 Å². The average molecular weight is 436 g/mol. The number of hydrogen-bond acceptors (Lipinski definition) is 1. The predicted molar refractivity (Wildman–Crippen MR) is 136 cm³/mol. The number of aromatic nitrogens is 1. The van der Waals surface area contributed by atoms with Crippen LogP contribution >= 0.6 is 0 Å². The Morgan fingerprint density at radius 3 is 1.82 bits per heavy atom. The number of hydrogen-bond donors (Lipinski definition) is 0. The van der Waals surface area contributed by atoms with Crippen LogP contribution in [0.1, 0.15) is 31.9 Å². The van der Waals surface area contributed by atoms with Crippen LogP contribution in [0.25, 0.3) is 33.6 Å². The third kappa shape index (κ3) is 4.27. The molecule has 0 N–H and O–H groups in total. The lowest BCUT2D eigenvalue weighted by atomic mass is 10.1. The second-order valence-electron chi connectivity index (χ2n) is 9.19. The van der Waals surface area contributed by atoms with Gasteiger partial charge in [-0.3, -0.25) is 0 Å². The molecule has 0 bridgehead atoms. The second-order valence-corrected chi connectivity index (χ2v) is 9.19. The van der Waals surface area contributed by atoms with Gasteiger partial charge in [0.15, 0.2) is 0 Å². The summed E-state index contributed by atoms with van der Waals surface area (Å²) in [5, 5.41) is 2.38. The highest BCUT2D eigenvalue weighted by atomic mass is 19.1. The van der Waals surface area contributed by atoms with Crippen molar-refractivity contribution in [2.75, 3.05) is 0 Å². The monoisotopic (exact) mass is 435 g/mol. The van der Waals surface area contributed by atoms with Gasteiger partial charge in [-0.1, -0.05) is 48.5 Å². The van der Waals surface area contributed by atoms with Crippen LogP contribution in [0.3, 0.4) is 0 Å². The lowest BCUT2D eigenvalue weighted by Gasteiger charge is -2.21. The first kappa shape index (κ1) is 21.0. The maximum absolute atomic E-state index is 13.8. The Labute approximate surface area is 193 Å². The first-order valence-electron chi connectivity index (χ1n) is 11.1. The van der Waals surface area contributed by atoms with Crippen molar-refractivity contribution < 1.29 is 9.13 Å². The molecule has 0 radical (unpaired) electrons. The third-order valence-corrected chi connectivity index (χ3v) is 5.57. The maximum atomic E-state index is 13.8. The molecule has 3 heteroatoms. The summed E-state index contributed by atoms with van der Waals surface area (Å²) in [6.07, 6.45) is 2.15. The minimum Gasteiger partial charge on any atom is -0.488 e. The summed E-state index contributed by atoms with van der Waals surface area (Å²) in [5.41, 5.74) is 4.94. The molecule has 2 nitrogen and oxygen atoms in total. The van der Waals surface area contributed by atoms with Gasteiger partial charge in [0.1, 0.15) is 17.2 Å². The van der Waals surface area contributed by atoms with E-state index in [-0.39, 0.29) is 11.4 Å². The summed E-state index contributed by atoms with van der Waals surface area (Å²) in [6.45, 7) is 6.11. The second kappa shape index (κ2) is 8.25. The molecule has 0 atom stereocenters. The minimum absolute atomic E-state index is 0.246. The Bertz CT molecular complexity index is 1400. The van der Waals surface area contributed by atoms with Crippen molar-refractivity contribution in [3.63, 3.8) is 0 Å². The largest absolute Gasteiger partial charge is 0.488 e. The van der Waals surface area contributed by atoms with E-state index >= 15 is 0 Å². The molecule has 0 unspecified atom stereocenters. The Hall–Kier alpha value is -3.85. The van der Waals surface area contributed by atoms with E-state index in [1.54, 1.807) is 0 Å². The number of halogens is 1. The third-order valence-electron chi connectivity index (χ3n) is 5.57. The molecule has 0 fully saturated rings. The van der Waals surface area contributed by atoms with Gasteiger partial charge in [0, 0.05) is 10.8 Å². The van der Waals surface area contributed by atoms with Gasteiger partial charge < -0.3 is 9.30 Å². The molecular weight excluding hydrogens is 409 g/mol. The molecule has 164 valence electrons. The van der Waals surface area contributed by atoms with Gasteiger partial charge in [-0.25, -0.2) is 4.39 Å². The molecule has 0 saturated carbocycles. The number of nitrogens with zero attached hydrogens (tertiary/aromatic N) is 1. The van der Waals surface area contributed by atoms with Crippen LogP contribution in [-0.2, 0) is 0 Å². The lowest BCUT2D eigenvalue weighted by molar-refractivity contribution is 0.131. The van der Waals surface area contributed by atoms with E-state index in [0.29, 0.717) is 0 Å². The molecule has 0 amide bonds. The van der Waals surface area contributed by atoms with Crippen LogP contribution in [0.4, 0.5) is 4.39 Å². The molecule has 0 saturated heterocycles. The van der Waals surface area contributed by atoms with Gasteiger partial charge in [0.05, 0.1) is 16.7 Å². The van der Waals surface area contributed by atoms with Crippen LogP contribution < -0.4 is 4.74 Å². The first-order valence-corrected chi connectivity index (χ1v) is 11.1. The van der Waals surface area contributed by atoms with Crippen molar-refractivity contribution in [1.82, 2.24) is 4.57 Å². The summed E-state index contributed by atoms with van der Waals surface area (Å²) in [7, 11) is 0. The highest BCUT2D eigenvalue weighted by Gasteiger charge is 2.15. The minimum atomic E-state index is -0.250. The van der Waals surface area contributed by atoms with Gasteiger partial charge >= 0.3 is 0 Å². The molecule has 4 aromatic carbocycles. The smallest absolute Gasteiger partial charge is 0.123 e. The van der Waals surface area contributed by atoms with Crippen LogP contribution in [-0.4, -0.2) is 10.2 Å². The van der Waals surface area contributed by atoms with E-state index in [9.17, 15) is 4.39 Å². The standard InChI is InChI=1S/C30H26FNO/c1-30(2,3)33-24-18-12-21(13-19-24)20-29(22-14-16-23(31)17-15-22)32-27-10-6-4-8-25(27)26-9-5-7-11-28(26)32/h4-20H,1-3H3/b29-20-. The average Bonchev–Trinajstić information content (AvgIpc) is 3.13. The fourth-order valence-electron chi connectivity index (χ4n) is 4.22. The fraction of sp³-hybridized carbons (Fsp3) is 0.133. The normalized spacial score (nSPS) is 12.4. The van der Waals surface area contributed by atoms with Gasteiger partial charge in [-0.2, -0.15) is 0 Å². The number of benzene rings is 4. The predicted octanol–water partition coefficient (Wildman–Crippen LogP) is 8.16. The van der Waals surface area contributed by atoms with Crippen molar-refractivity contribution in [3.05, 3.63) is 114 Å². The molecular formula is C30H26FNO. The Morgan fingerprint density at radius 2 is 1.27 bits per heavy atom. The zero-order chi connectivity index (χ0) is 23.0. The number of para-hydroxylation sites is 2. The number of rotatable bonds is 4. The van der Waals surface area contributed by atoms with E-state index in [2.05, 4.69) is 71.3 Å². The van der Waals surface area contributed by atoms with Gasteiger partial charge in [-0.15, -0.1) is 0 Å². The van der Waals surface area contributed by atoms with Crippen LogP contribution in [0.2, 0.25) is 0 Å². The summed E-state index contributed by atoms with van der Waals surface area (Å²) in [6, 6.07) is 31.6. The van der Waals surface area contributed by atoms with E-state index in [0.717, 1.165) is 33.6 Å². The lowest BCUT2D eigenvalue weighted by Crippen LogP contribution is -2.22. The van der Waals surface area contributed by atoms with Crippen LogP contribution in [0, 0.1) is 5.82 Å². The molecule has 0 aliphatic rings. The molecule has 0 aliphatic heterocycles. The Balaban J connectivity index is 1.72.